The number of aldehydes is 1. The van der Waals surface area contributed by atoms with Crippen molar-refractivity contribution in [1.82, 2.24) is 0 Å². The highest BCUT2D eigenvalue weighted by molar-refractivity contribution is 7.00. The third-order valence-corrected chi connectivity index (χ3v) is 7.25. The average Bonchev–Trinajstić information content (AvgIpc) is 2.46. The Morgan fingerprint density at radius 3 is 2.14 bits per heavy atom. The quantitative estimate of drug-likeness (QED) is 0.628. The van der Waals surface area contributed by atoms with Gasteiger partial charge in [-0.2, -0.15) is 13.2 Å². The van der Waals surface area contributed by atoms with Crippen molar-refractivity contribution in [3.63, 3.8) is 0 Å². The van der Waals surface area contributed by atoms with Crippen molar-refractivity contribution in [2.45, 2.75) is 19.3 Å². The number of hydrogen-bond acceptors (Lipinski definition) is 1. The molecule has 0 bridgehead atoms. The van der Waals surface area contributed by atoms with Crippen molar-refractivity contribution in [3.05, 3.63) is 59.7 Å². The molecule has 21 heavy (non-hydrogen) atoms. The monoisotopic (exact) mass is 308 g/mol. The summed E-state index contributed by atoms with van der Waals surface area (Å²) in [6, 6.07) is 13.0. The van der Waals surface area contributed by atoms with Crippen molar-refractivity contribution in [2.75, 3.05) is 0 Å². The van der Waals surface area contributed by atoms with Crippen LogP contribution in [0.2, 0.25) is 13.1 Å². The van der Waals surface area contributed by atoms with Crippen LogP contribution in [-0.4, -0.2) is 14.4 Å². The Balaban J connectivity index is 2.56. The fraction of sp³-hybridized carbons (Fsp3) is 0.188. The van der Waals surface area contributed by atoms with E-state index in [0.717, 1.165) is 22.5 Å². The molecule has 0 N–H and O–H groups in total. The minimum absolute atomic E-state index is 0.130. The van der Waals surface area contributed by atoms with Gasteiger partial charge in [0, 0.05) is 5.56 Å². The Labute approximate surface area is 122 Å². The maximum Gasteiger partial charge on any atom is 0.416 e. The molecule has 5 heteroatoms. The summed E-state index contributed by atoms with van der Waals surface area (Å²) in [6.07, 6.45) is -3.92. The summed E-state index contributed by atoms with van der Waals surface area (Å²) in [5.41, 5.74) is -0.656. The first-order valence-corrected chi connectivity index (χ1v) is 9.49. The van der Waals surface area contributed by atoms with Gasteiger partial charge >= 0.3 is 6.18 Å². The van der Waals surface area contributed by atoms with Crippen molar-refractivity contribution in [2.24, 2.45) is 0 Å². The Morgan fingerprint density at radius 1 is 1.00 bits per heavy atom. The first-order valence-electron chi connectivity index (χ1n) is 6.49. The molecule has 0 atom stereocenters. The average molecular weight is 308 g/mol. The molecule has 0 aliphatic heterocycles. The number of hydrogen-bond donors (Lipinski definition) is 0. The van der Waals surface area contributed by atoms with Gasteiger partial charge in [0.25, 0.3) is 0 Å². The second-order valence-electron chi connectivity index (χ2n) is 5.41. The maximum absolute atomic E-state index is 12.8. The van der Waals surface area contributed by atoms with Crippen LogP contribution < -0.4 is 10.4 Å². The van der Waals surface area contributed by atoms with Gasteiger partial charge in [-0.15, -0.1) is 0 Å². The minimum Gasteiger partial charge on any atom is -0.298 e. The Bertz CT molecular complexity index is 648. The lowest BCUT2D eigenvalue weighted by Crippen LogP contribution is -2.54. The van der Waals surface area contributed by atoms with Crippen LogP contribution in [0.15, 0.2) is 48.5 Å². The first kappa shape index (κ1) is 15.5. The van der Waals surface area contributed by atoms with Crippen molar-refractivity contribution in [1.29, 1.82) is 0 Å². The Kier molecular flexibility index (Phi) is 4.05. The van der Waals surface area contributed by atoms with E-state index in [1.807, 2.05) is 43.4 Å². The summed E-state index contributed by atoms with van der Waals surface area (Å²) in [5, 5.41) is 1.80. The van der Waals surface area contributed by atoms with Gasteiger partial charge in [0.05, 0.1) is 5.56 Å². The fourth-order valence-corrected chi connectivity index (χ4v) is 5.11. The highest BCUT2D eigenvalue weighted by Crippen LogP contribution is 2.29. The molecular weight excluding hydrogens is 293 g/mol. The lowest BCUT2D eigenvalue weighted by Gasteiger charge is -2.25. The van der Waals surface area contributed by atoms with Gasteiger partial charge in [0.15, 0.2) is 0 Å². The third kappa shape index (κ3) is 3.08. The van der Waals surface area contributed by atoms with Crippen LogP contribution >= 0.6 is 0 Å². The zero-order chi connectivity index (χ0) is 15.7. The topological polar surface area (TPSA) is 17.1 Å². The standard InChI is InChI=1S/C16H15F3OSi/c1-21(2,14-6-4-3-5-7-14)15-9-8-13(16(17,18)19)10-12(15)11-20/h3-11H,1-2H3. The molecule has 0 aliphatic rings. The second-order valence-corrected chi connectivity index (χ2v) is 9.77. The highest BCUT2D eigenvalue weighted by atomic mass is 28.3. The molecule has 0 spiro atoms. The van der Waals surface area contributed by atoms with Gasteiger partial charge in [0.2, 0.25) is 0 Å². The number of carbonyl (C=O) groups excluding carboxylic acids is 1. The maximum atomic E-state index is 12.8. The number of carbonyl (C=O) groups is 1. The predicted molar refractivity (Wildman–Crippen MR) is 80.0 cm³/mol. The van der Waals surface area contributed by atoms with Crippen molar-refractivity contribution in [3.8, 4) is 0 Å². The molecule has 0 aliphatic carbocycles. The van der Waals surface area contributed by atoms with Gasteiger partial charge in [0.1, 0.15) is 14.4 Å². The van der Waals surface area contributed by atoms with Gasteiger partial charge in [-0.3, -0.25) is 4.79 Å². The van der Waals surface area contributed by atoms with Gasteiger partial charge in [-0.1, -0.05) is 60.7 Å². The number of rotatable bonds is 3. The van der Waals surface area contributed by atoms with Gasteiger partial charge in [-0.25, -0.2) is 0 Å². The molecule has 2 aromatic rings. The first-order chi connectivity index (χ1) is 9.76. The van der Waals surface area contributed by atoms with E-state index >= 15 is 0 Å². The summed E-state index contributed by atoms with van der Waals surface area (Å²) < 4.78 is 38.3. The lowest BCUT2D eigenvalue weighted by atomic mass is 10.1. The zero-order valence-corrected chi connectivity index (χ0v) is 12.7. The summed E-state index contributed by atoms with van der Waals surface area (Å²) in [4.78, 5) is 11.2. The summed E-state index contributed by atoms with van der Waals surface area (Å²) in [6.45, 7) is 4.05. The van der Waals surface area contributed by atoms with Crippen molar-refractivity contribution < 1.29 is 18.0 Å². The van der Waals surface area contributed by atoms with E-state index in [1.54, 1.807) is 0 Å². The normalized spacial score (nSPS) is 12.2. The molecule has 2 rings (SSSR count). The molecule has 0 amide bonds. The molecule has 1 nitrogen and oxygen atoms in total. The number of halogens is 3. The molecule has 0 heterocycles. The van der Waals surface area contributed by atoms with E-state index < -0.39 is 19.8 Å². The van der Waals surface area contributed by atoms with Crippen LogP contribution in [0.3, 0.4) is 0 Å². The van der Waals surface area contributed by atoms with Gasteiger partial charge in [-0.05, 0) is 11.3 Å². The molecule has 2 aromatic carbocycles. The van der Waals surface area contributed by atoms with Crippen LogP contribution in [-0.2, 0) is 6.18 Å². The Hall–Kier alpha value is -1.88. The van der Waals surface area contributed by atoms with Crippen LogP contribution in [0.1, 0.15) is 15.9 Å². The lowest BCUT2D eigenvalue weighted by molar-refractivity contribution is -0.137. The highest BCUT2D eigenvalue weighted by Gasteiger charge is 2.34. The summed E-state index contributed by atoms with van der Waals surface area (Å²) in [7, 11) is -2.20. The zero-order valence-electron chi connectivity index (χ0n) is 11.7. The second kappa shape index (κ2) is 5.48. The minimum atomic E-state index is -4.44. The van der Waals surface area contributed by atoms with Crippen molar-refractivity contribution >= 4 is 24.7 Å². The molecule has 0 saturated carbocycles. The molecular formula is C16H15F3OSi. The molecule has 0 fully saturated rings. The smallest absolute Gasteiger partial charge is 0.298 e. The van der Waals surface area contributed by atoms with E-state index in [9.17, 15) is 18.0 Å². The van der Waals surface area contributed by atoms with E-state index in [4.69, 9.17) is 0 Å². The number of alkyl halides is 3. The van der Waals surface area contributed by atoms with Crippen LogP contribution in [0, 0.1) is 0 Å². The number of benzene rings is 2. The summed E-state index contributed by atoms with van der Waals surface area (Å²) >= 11 is 0. The SMILES string of the molecule is C[Si](C)(c1ccccc1)c1ccc(C(F)(F)F)cc1C=O. The molecule has 0 radical (unpaired) electrons. The third-order valence-electron chi connectivity index (χ3n) is 3.67. The molecule has 0 saturated heterocycles. The fourth-order valence-electron chi connectivity index (χ4n) is 2.42. The van der Waals surface area contributed by atoms with E-state index in [1.165, 1.54) is 6.07 Å². The van der Waals surface area contributed by atoms with Crippen LogP contribution in [0.5, 0.6) is 0 Å². The molecule has 0 unspecified atom stereocenters. The van der Waals surface area contributed by atoms with Crippen LogP contribution in [0.25, 0.3) is 0 Å². The van der Waals surface area contributed by atoms with E-state index in [0.29, 0.717) is 6.29 Å². The van der Waals surface area contributed by atoms with Crippen LogP contribution in [0.4, 0.5) is 13.2 Å². The van der Waals surface area contributed by atoms with Gasteiger partial charge < -0.3 is 0 Å². The Morgan fingerprint density at radius 2 is 1.62 bits per heavy atom. The summed E-state index contributed by atoms with van der Waals surface area (Å²) in [5.74, 6) is 0. The molecule has 110 valence electrons. The van der Waals surface area contributed by atoms with E-state index in [-0.39, 0.29) is 5.56 Å². The van der Waals surface area contributed by atoms with E-state index in [2.05, 4.69) is 0 Å². The largest absolute Gasteiger partial charge is 0.416 e. The molecule has 0 aromatic heterocycles. The predicted octanol–water partition coefficient (Wildman–Crippen LogP) is 3.34.